The molecule has 0 spiro atoms. The number of ether oxygens (including phenoxy) is 1. The van der Waals surface area contributed by atoms with Crippen molar-refractivity contribution in [2.45, 2.75) is 25.9 Å². The zero-order chi connectivity index (χ0) is 17.6. The van der Waals surface area contributed by atoms with Crippen LogP contribution in [0, 0.1) is 6.92 Å². The fraction of sp³-hybridized carbons (Fsp3) is 0.350. The topological polar surface area (TPSA) is 53.6 Å². The van der Waals surface area contributed by atoms with Crippen LogP contribution < -0.4 is 15.5 Å². The van der Waals surface area contributed by atoms with E-state index in [0.717, 1.165) is 42.9 Å². The quantitative estimate of drug-likeness (QED) is 0.875. The van der Waals surface area contributed by atoms with Crippen molar-refractivity contribution in [3.8, 4) is 0 Å². The molecule has 0 unspecified atom stereocenters. The van der Waals surface area contributed by atoms with E-state index in [1.54, 1.807) is 7.11 Å². The van der Waals surface area contributed by atoms with Gasteiger partial charge in [0.25, 0.3) is 0 Å². The molecule has 2 amide bonds. The van der Waals surface area contributed by atoms with E-state index in [4.69, 9.17) is 4.74 Å². The Balaban J connectivity index is 1.54. The lowest BCUT2D eigenvalue weighted by molar-refractivity contribution is 0.0819. The van der Waals surface area contributed by atoms with Crippen molar-refractivity contribution in [3.63, 3.8) is 0 Å². The van der Waals surface area contributed by atoms with Crippen molar-refractivity contribution in [3.05, 3.63) is 54.1 Å². The van der Waals surface area contributed by atoms with E-state index in [-0.39, 0.29) is 6.03 Å². The van der Waals surface area contributed by atoms with Gasteiger partial charge in [-0.05, 0) is 61.7 Å². The first-order chi connectivity index (χ1) is 12.1. The van der Waals surface area contributed by atoms with Gasteiger partial charge >= 0.3 is 6.03 Å². The van der Waals surface area contributed by atoms with Crippen molar-refractivity contribution in [1.82, 2.24) is 0 Å². The molecule has 2 aromatic rings. The van der Waals surface area contributed by atoms with Gasteiger partial charge in [-0.25, -0.2) is 4.79 Å². The second-order valence-corrected chi connectivity index (χ2v) is 6.42. The van der Waals surface area contributed by atoms with Crippen LogP contribution in [-0.4, -0.2) is 32.3 Å². The molecule has 0 aromatic heterocycles. The summed E-state index contributed by atoms with van der Waals surface area (Å²) in [7, 11) is 1.78. The zero-order valence-corrected chi connectivity index (χ0v) is 14.8. The molecule has 0 atom stereocenters. The van der Waals surface area contributed by atoms with Gasteiger partial charge in [0, 0.05) is 37.3 Å². The van der Waals surface area contributed by atoms with Gasteiger partial charge in [-0.2, -0.15) is 0 Å². The van der Waals surface area contributed by atoms with Crippen molar-refractivity contribution in [2.24, 2.45) is 0 Å². The lowest BCUT2D eigenvalue weighted by Crippen LogP contribution is -2.36. The molecule has 5 heteroatoms. The first-order valence-corrected chi connectivity index (χ1v) is 8.66. The predicted octanol–water partition coefficient (Wildman–Crippen LogP) is 4.25. The Labute approximate surface area is 149 Å². The van der Waals surface area contributed by atoms with E-state index in [2.05, 4.69) is 27.7 Å². The molecular formula is C20H25N3O2. The van der Waals surface area contributed by atoms with Gasteiger partial charge in [-0.15, -0.1) is 0 Å². The highest BCUT2D eigenvalue weighted by atomic mass is 16.5. The Kier molecular flexibility index (Phi) is 5.56. The SMILES string of the molecule is COC1CCN(c2ccc(NC(=O)Nc3cccc(C)c3)cc2)CC1. The van der Waals surface area contributed by atoms with Crippen LogP contribution in [-0.2, 0) is 4.74 Å². The van der Waals surface area contributed by atoms with E-state index in [9.17, 15) is 4.79 Å². The van der Waals surface area contributed by atoms with E-state index in [1.165, 1.54) is 5.69 Å². The van der Waals surface area contributed by atoms with Crippen LogP contribution in [0.2, 0.25) is 0 Å². The van der Waals surface area contributed by atoms with Crippen LogP contribution in [0.15, 0.2) is 48.5 Å². The van der Waals surface area contributed by atoms with Gasteiger partial charge in [-0.3, -0.25) is 0 Å². The number of aryl methyl sites for hydroxylation is 1. The third-order valence-corrected chi connectivity index (χ3v) is 4.54. The lowest BCUT2D eigenvalue weighted by atomic mass is 10.1. The van der Waals surface area contributed by atoms with Crippen molar-refractivity contribution < 1.29 is 9.53 Å². The molecule has 0 saturated carbocycles. The van der Waals surface area contributed by atoms with Crippen LogP contribution in [0.5, 0.6) is 0 Å². The largest absolute Gasteiger partial charge is 0.381 e. The second kappa shape index (κ2) is 8.03. The van der Waals surface area contributed by atoms with Gasteiger partial charge < -0.3 is 20.3 Å². The highest BCUT2D eigenvalue weighted by Crippen LogP contribution is 2.23. The van der Waals surface area contributed by atoms with Crippen LogP contribution in [0.25, 0.3) is 0 Å². The Morgan fingerprint density at radius 2 is 1.72 bits per heavy atom. The third kappa shape index (κ3) is 4.73. The standard InChI is InChI=1S/C20H25N3O2/c1-15-4-3-5-17(14-15)22-20(24)21-16-6-8-18(9-7-16)23-12-10-19(25-2)11-13-23/h3-9,14,19H,10-13H2,1-2H3,(H2,21,22,24). The molecule has 0 bridgehead atoms. The smallest absolute Gasteiger partial charge is 0.323 e. The summed E-state index contributed by atoms with van der Waals surface area (Å²) in [4.78, 5) is 14.5. The number of nitrogens with zero attached hydrogens (tertiary/aromatic N) is 1. The Hall–Kier alpha value is -2.53. The number of anilines is 3. The molecule has 3 rings (SSSR count). The minimum atomic E-state index is -0.237. The Morgan fingerprint density at radius 3 is 2.36 bits per heavy atom. The number of rotatable bonds is 4. The zero-order valence-electron chi connectivity index (χ0n) is 14.8. The van der Waals surface area contributed by atoms with Crippen LogP contribution >= 0.6 is 0 Å². The summed E-state index contributed by atoms with van der Waals surface area (Å²) in [5.74, 6) is 0. The molecule has 0 radical (unpaired) electrons. The molecule has 1 heterocycles. The first kappa shape index (κ1) is 17.3. The van der Waals surface area contributed by atoms with Gasteiger partial charge in [0.15, 0.2) is 0 Å². The van der Waals surface area contributed by atoms with Crippen LogP contribution in [0.3, 0.4) is 0 Å². The molecule has 1 aliphatic rings. The second-order valence-electron chi connectivity index (χ2n) is 6.42. The molecule has 2 N–H and O–H groups in total. The first-order valence-electron chi connectivity index (χ1n) is 8.66. The fourth-order valence-electron chi connectivity index (χ4n) is 3.12. The van der Waals surface area contributed by atoms with E-state index < -0.39 is 0 Å². The third-order valence-electron chi connectivity index (χ3n) is 4.54. The molecule has 2 aromatic carbocycles. The Bertz CT molecular complexity index is 707. The van der Waals surface area contributed by atoms with Gasteiger partial charge in [0.1, 0.15) is 0 Å². The molecule has 0 aliphatic carbocycles. The summed E-state index contributed by atoms with van der Waals surface area (Å²) < 4.78 is 5.41. The number of hydrogen-bond donors (Lipinski definition) is 2. The summed E-state index contributed by atoms with van der Waals surface area (Å²) in [6.45, 7) is 4.00. The Morgan fingerprint density at radius 1 is 1.04 bits per heavy atom. The molecular weight excluding hydrogens is 314 g/mol. The number of hydrogen-bond acceptors (Lipinski definition) is 3. The predicted molar refractivity (Wildman–Crippen MR) is 103 cm³/mol. The number of nitrogens with one attached hydrogen (secondary N) is 2. The number of methoxy groups -OCH3 is 1. The minimum absolute atomic E-state index is 0.237. The van der Waals surface area contributed by atoms with E-state index in [0.29, 0.717) is 6.10 Å². The maximum absolute atomic E-state index is 12.1. The van der Waals surface area contributed by atoms with Gasteiger partial charge in [0.2, 0.25) is 0 Å². The highest BCUT2D eigenvalue weighted by molar-refractivity contribution is 5.99. The number of piperidine rings is 1. The number of carbonyl (C=O) groups excluding carboxylic acids is 1. The summed E-state index contributed by atoms with van der Waals surface area (Å²) >= 11 is 0. The number of amides is 2. The number of urea groups is 1. The lowest BCUT2D eigenvalue weighted by Gasteiger charge is -2.33. The molecule has 1 aliphatic heterocycles. The molecule has 132 valence electrons. The van der Waals surface area contributed by atoms with Gasteiger partial charge in [0.05, 0.1) is 6.10 Å². The monoisotopic (exact) mass is 339 g/mol. The number of benzene rings is 2. The van der Waals surface area contributed by atoms with Crippen molar-refractivity contribution >= 4 is 23.1 Å². The number of carbonyl (C=O) groups is 1. The minimum Gasteiger partial charge on any atom is -0.381 e. The summed E-state index contributed by atoms with van der Waals surface area (Å²) in [5, 5.41) is 5.71. The summed E-state index contributed by atoms with van der Waals surface area (Å²) in [5.41, 5.74) is 3.86. The normalized spacial score (nSPS) is 15.0. The van der Waals surface area contributed by atoms with Crippen LogP contribution in [0.4, 0.5) is 21.9 Å². The molecule has 1 fully saturated rings. The van der Waals surface area contributed by atoms with E-state index in [1.807, 2.05) is 43.3 Å². The van der Waals surface area contributed by atoms with Crippen molar-refractivity contribution in [2.75, 3.05) is 35.7 Å². The molecule has 25 heavy (non-hydrogen) atoms. The fourth-order valence-corrected chi connectivity index (χ4v) is 3.12. The highest BCUT2D eigenvalue weighted by Gasteiger charge is 2.18. The summed E-state index contributed by atoms with van der Waals surface area (Å²) in [6, 6.07) is 15.5. The summed E-state index contributed by atoms with van der Waals surface area (Å²) in [6.07, 6.45) is 2.48. The maximum Gasteiger partial charge on any atom is 0.323 e. The van der Waals surface area contributed by atoms with Gasteiger partial charge in [-0.1, -0.05) is 12.1 Å². The molecule has 5 nitrogen and oxygen atoms in total. The van der Waals surface area contributed by atoms with Crippen LogP contribution in [0.1, 0.15) is 18.4 Å². The average molecular weight is 339 g/mol. The maximum atomic E-state index is 12.1. The van der Waals surface area contributed by atoms with E-state index >= 15 is 0 Å². The molecule has 1 saturated heterocycles. The van der Waals surface area contributed by atoms with Crippen molar-refractivity contribution in [1.29, 1.82) is 0 Å². The average Bonchev–Trinajstić information content (AvgIpc) is 2.62.